The third-order valence-corrected chi connectivity index (χ3v) is 12.8. The fourth-order valence-corrected chi connectivity index (χ4v) is 9.60. The number of fused-ring (bicyclic) bond motifs is 2. The second-order valence-electron chi connectivity index (χ2n) is 12.3. The number of tetrazole rings is 1. The van der Waals surface area contributed by atoms with Crippen LogP contribution >= 0.6 is 23.2 Å². The number of likely N-dealkylation sites (tertiary alicyclic amines) is 2. The van der Waals surface area contributed by atoms with Crippen molar-refractivity contribution in [2.45, 2.75) is 41.6 Å². The number of aromatic nitrogens is 4. The lowest BCUT2D eigenvalue weighted by molar-refractivity contribution is 0.0776. The summed E-state index contributed by atoms with van der Waals surface area (Å²) in [5, 5.41) is 12.4. The Morgan fingerprint density at radius 1 is 1.00 bits per heavy atom. The fourth-order valence-electron chi connectivity index (χ4n) is 7.41. The molecule has 2 fully saturated rings. The highest BCUT2D eigenvalue weighted by atomic mass is 35.5. The van der Waals surface area contributed by atoms with Gasteiger partial charge in [-0.15, -0.1) is 5.10 Å². The van der Waals surface area contributed by atoms with Crippen molar-refractivity contribution in [3.05, 3.63) is 99.3 Å². The number of methoxy groups -OCH3 is 1. The fraction of sp³-hybridized carbons (Fsp3) is 0.394. The summed E-state index contributed by atoms with van der Waals surface area (Å²) in [5.74, 6) is 1.05. The van der Waals surface area contributed by atoms with E-state index in [0.717, 1.165) is 50.9 Å². The van der Waals surface area contributed by atoms with Gasteiger partial charge >= 0.3 is 0 Å². The van der Waals surface area contributed by atoms with Crippen molar-refractivity contribution >= 4 is 39.9 Å². The highest BCUT2D eigenvalue weighted by Gasteiger charge is 2.48. The number of carbonyl (C=O) groups excluding carboxylic acids is 1. The molecule has 2 unspecified atom stereocenters. The first-order valence-corrected chi connectivity index (χ1v) is 17.2. The lowest BCUT2D eigenvalue weighted by Crippen LogP contribution is -2.45. The molecule has 0 radical (unpaired) electrons. The van der Waals surface area contributed by atoms with Crippen LogP contribution in [0.25, 0.3) is 5.69 Å². The van der Waals surface area contributed by atoms with E-state index < -0.39 is 10.8 Å². The molecule has 45 heavy (non-hydrogen) atoms. The summed E-state index contributed by atoms with van der Waals surface area (Å²) in [7, 11) is 0.673. The topological polar surface area (TPSA) is 93.4 Å². The van der Waals surface area contributed by atoms with Gasteiger partial charge in [-0.1, -0.05) is 53.5 Å². The number of carbonyl (C=O) groups is 1. The quantitative estimate of drug-likeness (QED) is 0.261. The van der Waals surface area contributed by atoms with Crippen LogP contribution < -0.4 is 4.74 Å². The average Bonchev–Trinajstić information content (AvgIpc) is 3.82. The summed E-state index contributed by atoms with van der Waals surface area (Å²) in [6.45, 7) is 3.78. The molecule has 4 aromatic rings. The van der Waals surface area contributed by atoms with Gasteiger partial charge in [-0.25, -0.2) is 4.68 Å². The molecule has 0 bridgehead atoms. The maximum absolute atomic E-state index is 14.1. The molecule has 12 heteroatoms. The molecule has 3 aliphatic rings. The van der Waals surface area contributed by atoms with Crippen molar-refractivity contribution in [3.63, 3.8) is 0 Å². The minimum atomic E-state index is -0.892. The van der Waals surface area contributed by atoms with E-state index in [-0.39, 0.29) is 16.1 Å². The van der Waals surface area contributed by atoms with Crippen molar-refractivity contribution in [1.29, 1.82) is 0 Å². The van der Waals surface area contributed by atoms with Gasteiger partial charge in [0.05, 0.1) is 33.2 Å². The molecule has 3 aliphatic heterocycles. The molecule has 234 valence electrons. The number of hydrogen-bond acceptors (Lipinski definition) is 7. The average molecular weight is 666 g/mol. The Labute approximate surface area is 274 Å². The van der Waals surface area contributed by atoms with Crippen molar-refractivity contribution < 1.29 is 13.7 Å². The Bertz CT molecular complexity index is 1760. The van der Waals surface area contributed by atoms with E-state index in [1.165, 1.54) is 22.1 Å². The van der Waals surface area contributed by atoms with Crippen LogP contribution in [0.4, 0.5) is 0 Å². The van der Waals surface area contributed by atoms with Crippen molar-refractivity contribution in [3.8, 4) is 11.4 Å². The number of ether oxygens (including phenoxy) is 1. The van der Waals surface area contributed by atoms with Crippen LogP contribution in [-0.2, 0) is 26.7 Å². The minimum Gasteiger partial charge on any atom is -0.496 e. The second-order valence-corrected chi connectivity index (χ2v) is 14.8. The van der Waals surface area contributed by atoms with Gasteiger partial charge in [-0.3, -0.25) is 9.00 Å². The number of amides is 1. The number of hydrogen-bond donors (Lipinski definition) is 0. The summed E-state index contributed by atoms with van der Waals surface area (Å²) in [4.78, 5) is 18.5. The summed E-state index contributed by atoms with van der Waals surface area (Å²) in [5.41, 5.74) is 4.43. The van der Waals surface area contributed by atoms with Crippen LogP contribution in [0.3, 0.4) is 0 Å². The molecule has 1 amide bonds. The monoisotopic (exact) mass is 664 g/mol. The molecule has 2 atom stereocenters. The second kappa shape index (κ2) is 12.1. The highest BCUT2D eigenvalue weighted by molar-refractivity contribution is 7.85. The number of nitrogens with zero attached hydrogens (tertiary/aromatic N) is 6. The Morgan fingerprint density at radius 3 is 2.58 bits per heavy atom. The van der Waals surface area contributed by atoms with Crippen LogP contribution in [0.15, 0.2) is 67.0 Å². The molecule has 7 rings (SSSR count). The lowest BCUT2D eigenvalue weighted by atomic mass is 9.76. The first-order chi connectivity index (χ1) is 21.8. The van der Waals surface area contributed by atoms with Crippen LogP contribution in [-0.4, -0.2) is 80.0 Å². The number of benzene rings is 3. The standard InChI is InChI=1S/C33H34Cl2N6O3S/c1-44-30-9-7-25(41-22-36-37-38-41)19-26(30)31(42)40-17-11-32(21-40,24-6-8-28(34)29(35)18-24)10-14-39-15-12-33(13-16-39)27-5-3-2-4-23(27)20-45(33)43/h2-9,18-19,22H,10-17,20-21H2,1H3. The predicted octanol–water partition coefficient (Wildman–Crippen LogP) is 5.41. The molecule has 2 saturated heterocycles. The largest absolute Gasteiger partial charge is 0.496 e. The molecule has 0 saturated carbocycles. The van der Waals surface area contributed by atoms with Crippen LogP contribution in [0, 0.1) is 0 Å². The molecule has 1 aromatic heterocycles. The van der Waals surface area contributed by atoms with E-state index in [1.54, 1.807) is 19.2 Å². The zero-order valence-corrected chi connectivity index (χ0v) is 27.3. The molecular formula is C33H34Cl2N6O3S. The number of halogens is 2. The van der Waals surface area contributed by atoms with Gasteiger partial charge in [-0.2, -0.15) is 0 Å². The normalized spacial score (nSPS) is 22.6. The Morgan fingerprint density at radius 2 is 1.82 bits per heavy atom. The molecule has 1 spiro atoms. The number of piperidine rings is 1. The van der Waals surface area contributed by atoms with Crippen molar-refractivity contribution in [1.82, 2.24) is 30.0 Å². The van der Waals surface area contributed by atoms with Gasteiger partial charge in [-0.05, 0) is 103 Å². The highest BCUT2D eigenvalue weighted by Crippen LogP contribution is 2.47. The Balaban J connectivity index is 1.11. The van der Waals surface area contributed by atoms with E-state index in [9.17, 15) is 9.00 Å². The third-order valence-electron chi connectivity index (χ3n) is 10.0. The maximum Gasteiger partial charge on any atom is 0.257 e. The van der Waals surface area contributed by atoms with Crippen molar-refractivity contribution in [2.24, 2.45) is 0 Å². The van der Waals surface area contributed by atoms with E-state index in [0.29, 0.717) is 45.9 Å². The van der Waals surface area contributed by atoms with Crippen LogP contribution in [0.2, 0.25) is 10.0 Å². The molecule has 0 N–H and O–H groups in total. The maximum atomic E-state index is 14.1. The van der Waals surface area contributed by atoms with E-state index in [2.05, 4.69) is 38.6 Å². The molecule has 9 nitrogen and oxygen atoms in total. The van der Waals surface area contributed by atoms with Gasteiger partial charge in [0, 0.05) is 35.1 Å². The zero-order chi connectivity index (χ0) is 31.2. The molecule has 0 aliphatic carbocycles. The van der Waals surface area contributed by atoms with E-state index in [1.807, 2.05) is 35.2 Å². The molecule has 4 heterocycles. The van der Waals surface area contributed by atoms with Gasteiger partial charge in [0.15, 0.2) is 0 Å². The van der Waals surface area contributed by atoms with Gasteiger partial charge in [0.25, 0.3) is 5.91 Å². The lowest BCUT2D eigenvalue weighted by Gasteiger charge is -2.40. The molecule has 3 aromatic carbocycles. The van der Waals surface area contributed by atoms with E-state index in [4.69, 9.17) is 27.9 Å². The van der Waals surface area contributed by atoms with Crippen molar-refractivity contribution in [2.75, 3.05) is 39.8 Å². The van der Waals surface area contributed by atoms with Crippen LogP contribution in [0.5, 0.6) is 5.75 Å². The number of rotatable bonds is 7. The van der Waals surface area contributed by atoms with Gasteiger partial charge in [0.1, 0.15) is 12.1 Å². The van der Waals surface area contributed by atoms with E-state index >= 15 is 0 Å². The van der Waals surface area contributed by atoms with Gasteiger partial charge in [0.2, 0.25) is 0 Å². The van der Waals surface area contributed by atoms with Gasteiger partial charge < -0.3 is 14.5 Å². The molecular weight excluding hydrogens is 631 g/mol. The Kier molecular flexibility index (Phi) is 8.18. The summed E-state index contributed by atoms with van der Waals surface area (Å²) in [6, 6.07) is 19.6. The predicted molar refractivity (Wildman–Crippen MR) is 175 cm³/mol. The minimum absolute atomic E-state index is 0.106. The zero-order valence-electron chi connectivity index (χ0n) is 25.0. The SMILES string of the molecule is COc1ccc(-n2cnnn2)cc1C(=O)N1CCC(CCN2CCC3(CC2)c2ccccc2CS3=O)(c2ccc(Cl)c(Cl)c2)C1. The summed E-state index contributed by atoms with van der Waals surface area (Å²) < 4.78 is 20.2. The Hall–Kier alpha value is -3.31. The summed E-state index contributed by atoms with van der Waals surface area (Å²) in [6.07, 6.45) is 4.91. The van der Waals surface area contributed by atoms with Crippen LogP contribution in [0.1, 0.15) is 52.7 Å². The first-order valence-electron chi connectivity index (χ1n) is 15.2. The third kappa shape index (κ3) is 5.45. The summed E-state index contributed by atoms with van der Waals surface area (Å²) >= 11 is 12.9. The smallest absolute Gasteiger partial charge is 0.257 e. The first kappa shape index (κ1) is 30.3.